The Labute approximate surface area is 146 Å². The van der Waals surface area contributed by atoms with Gasteiger partial charge < -0.3 is 14.6 Å². The molecular formula is C17H22N4O2S. The smallest absolute Gasteiger partial charge is 0.237 e. The highest BCUT2D eigenvalue weighted by Crippen LogP contribution is 2.40. The zero-order valence-corrected chi connectivity index (χ0v) is 15.0. The van der Waals surface area contributed by atoms with Crippen molar-refractivity contribution in [1.29, 1.82) is 0 Å². The molecule has 1 fully saturated rings. The number of hydrogen-bond donors (Lipinski definition) is 1. The van der Waals surface area contributed by atoms with E-state index in [4.69, 9.17) is 4.74 Å². The van der Waals surface area contributed by atoms with Gasteiger partial charge in [0.1, 0.15) is 11.6 Å². The summed E-state index contributed by atoms with van der Waals surface area (Å²) in [7, 11) is 1.59. The first-order valence-corrected chi connectivity index (χ1v) is 9.05. The molecule has 1 aliphatic carbocycles. The molecule has 0 spiro atoms. The summed E-state index contributed by atoms with van der Waals surface area (Å²) in [6, 6.07) is 7.39. The van der Waals surface area contributed by atoms with E-state index in [0.29, 0.717) is 17.4 Å². The van der Waals surface area contributed by atoms with Crippen LogP contribution in [-0.4, -0.2) is 33.0 Å². The highest BCUT2D eigenvalue weighted by molar-refractivity contribution is 8.00. The highest BCUT2D eigenvalue weighted by Gasteiger charge is 2.30. The minimum Gasteiger partial charge on any atom is -0.495 e. The number of aromatic nitrogens is 3. The van der Waals surface area contributed by atoms with Crippen LogP contribution < -0.4 is 10.1 Å². The number of anilines is 1. The second-order valence-electron chi connectivity index (χ2n) is 5.81. The van der Waals surface area contributed by atoms with Crippen molar-refractivity contribution in [2.45, 2.75) is 49.6 Å². The van der Waals surface area contributed by atoms with Gasteiger partial charge in [-0.1, -0.05) is 23.9 Å². The van der Waals surface area contributed by atoms with Gasteiger partial charge in [0.2, 0.25) is 5.91 Å². The number of benzene rings is 1. The van der Waals surface area contributed by atoms with Crippen LogP contribution in [0.1, 0.15) is 38.4 Å². The lowest BCUT2D eigenvalue weighted by Crippen LogP contribution is -2.23. The van der Waals surface area contributed by atoms with Crippen molar-refractivity contribution in [3.63, 3.8) is 0 Å². The molecule has 0 bridgehead atoms. The average molecular weight is 346 g/mol. The number of ether oxygens (including phenoxy) is 1. The molecule has 7 heteroatoms. The Morgan fingerprint density at radius 3 is 2.83 bits per heavy atom. The molecule has 1 atom stereocenters. The lowest BCUT2D eigenvalue weighted by Gasteiger charge is -2.14. The van der Waals surface area contributed by atoms with E-state index in [1.54, 1.807) is 7.11 Å². The Bertz CT molecular complexity index is 727. The van der Waals surface area contributed by atoms with Crippen molar-refractivity contribution in [2.75, 3.05) is 12.4 Å². The van der Waals surface area contributed by atoms with Crippen molar-refractivity contribution >= 4 is 23.4 Å². The number of hydrogen-bond acceptors (Lipinski definition) is 5. The number of amides is 1. The number of methoxy groups -OCH3 is 1. The third kappa shape index (κ3) is 3.56. The summed E-state index contributed by atoms with van der Waals surface area (Å²) >= 11 is 1.44. The van der Waals surface area contributed by atoms with Crippen LogP contribution in [-0.2, 0) is 11.3 Å². The largest absolute Gasteiger partial charge is 0.495 e. The summed E-state index contributed by atoms with van der Waals surface area (Å²) in [5.41, 5.74) is 0.674. The molecule has 1 aromatic carbocycles. The maximum Gasteiger partial charge on any atom is 0.237 e. The van der Waals surface area contributed by atoms with Crippen LogP contribution in [0.3, 0.4) is 0 Å². The van der Waals surface area contributed by atoms with Gasteiger partial charge in [-0.05, 0) is 38.8 Å². The molecule has 128 valence electrons. The Kier molecular flexibility index (Phi) is 5.08. The minimum absolute atomic E-state index is 0.0804. The quantitative estimate of drug-likeness (QED) is 0.779. The molecule has 1 heterocycles. The minimum atomic E-state index is -0.281. The Morgan fingerprint density at radius 1 is 1.42 bits per heavy atom. The van der Waals surface area contributed by atoms with E-state index in [1.807, 2.05) is 31.2 Å². The third-order valence-electron chi connectivity index (χ3n) is 4.02. The first-order valence-electron chi connectivity index (χ1n) is 8.17. The summed E-state index contributed by atoms with van der Waals surface area (Å²) in [5, 5.41) is 12.0. The second-order valence-corrected chi connectivity index (χ2v) is 7.12. The zero-order valence-electron chi connectivity index (χ0n) is 14.2. The summed E-state index contributed by atoms with van der Waals surface area (Å²) in [6.45, 7) is 4.78. The van der Waals surface area contributed by atoms with Crippen LogP contribution in [0.4, 0.5) is 5.69 Å². The maximum atomic E-state index is 12.5. The molecule has 2 aromatic rings. The van der Waals surface area contributed by atoms with Crippen molar-refractivity contribution in [3.05, 3.63) is 30.1 Å². The Hall–Kier alpha value is -2.02. The van der Waals surface area contributed by atoms with Crippen LogP contribution in [0.5, 0.6) is 5.75 Å². The molecule has 0 aliphatic heterocycles. The van der Waals surface area contributed by atoms with E-state index >= 15 is 0 Å². The van der Waals surface area contributed by atoms with Crippen molar-refractivity contribution in [2.24, 2.45) is 0 Å². The lowest BCUT2D eigenvalue weighted by atomic mass is 10.3. The first kappa shape index (κ1) is 16.8. The number of carbonyl (C=O) groups excluding carboxylic acids is 1. The van der Waals surface area contributed by atoms with Gasteiger partial charge in [0.15, 0.2) is 5.16 Å². The summed E-state index contributed by atoms with van der Waals surface area (Å²) < 4.78 is 7.39. The molecular weight excluding hydrogens is 324 g/mol. The topological polar surface area (TPSA) is 69.0 Å². The van der Waals surface area contributed by atoms with Gasteiger partial charge in [0.05, 0.1) is 18.0 Å². The van der Waals surface area contributed by atoms with E-state index in [0.717, 1.165) is 17.5 Å². The normalized spacial score (nSPS) is 15.1. The second kappa shape index (κ2) is 7.25. The van der Waals surface area contributed by atoms with Gasteiger partial charge in [-0.15, -0.1) is 10.2 Å². The number of para-hydroxylation sites is 2. The van der Waals surface area contributed by atoms with Crippen LogP contribution >= 0.6 is 11.8 Å². The number of thioether (sulfide) groups is 1. The molecule has 3 rings (SSSR count). The molecule has 6 nitrogen and oxygen atoms in total. The van der Waals surface area contributed by atoms with Crippen molar-refractivity contribution in [3.8, 4) is 5.75 Å². The lowest BCUT2D eigenvalue weighted by molar-refractivity contribution is -0.115. The van der Waals surface area contributed by atoms with Crippen LogP contribution in [0.2, 0.25) is 0 Å². The molecule has 0 unspecified atom stereocenters. The Balaban J connectivity index is 1.68. The van der Waals surface area contributed by atoms with Gasteiger partial charge in [-0.3, -0.25) is 4.79 Å². The van der Waals surface area contributed by atoms with Gasteiger partial charge >= 0.3 is 0 Å². The first-order chi connectivity index (χ1) is 11.6. The number of carbonyl (C=O) groups is 1. The molecule has 0 saturated heterocycles. The van der Waals surface area contributed by atoms with Crippen LogP contribution in [0.25, 0.3) is 0 Å². The monoisotopic (exact) mass is 346 g/mol. The predicted molar refractivity (Wildman–Crippen MR) is 94.6 cm³/mol. The van der Waals surface area contributed by atoms with E-state index < -0.39 is 0 Å². The van der Waals surface area contributed by atoms with E-state index in [9.17, 15) is 4.79 Å². The molecule has 24 heavy (non-hydrogen) atoms. The maximum absolute atomic E-state index is 12.5. The molecule has 1 N–H and O–H groups in total. The number of rotatable bonds is 7. The predicted octanol–water partition coefficient (Wildman–Crippen LogP) is 3.30. The van der Waals surface area contributed by atoms with Crippen LogP contribution in [0.15, 0.2) is 29.4 Å². The summed E-state index contributed by atoms with van der Waals surface area (Å²) in [5.74, 6) is 2.17. The zero-order chi connectivity index (χ0) is 17.1. The van der Waals surface area contributed by atoms with E-state index in [-0.39, 0.29) is 11.2 Å². The number of nitrogens with one attached hydrogen (secondary N) is 1. The van der Waals surface area contributed by atoms with Gasteiger partial charge in [0, 0.05) is 12.5 Å². The molecule has 0 radical (unpaired) electrons. The highest BCUT2D eigenvalue weighted by atomic mass is 32.2. The van der Waals surface area contributed by atoms with Gasteiger partial charge in [0.25, 0.3) is 0 Å². The SMILES string of the molecule is CCn1c(S[C@H](C)C(=O)Nc2ccccc2OC)nnc1C1CC1. The fourth-order valence-corrected chi connectivity index (χ4v) is 3.44. The molecule has 1 aromatic heterocycles. The van der Waals surface area contributed by atoms with Crippen LogP contribution in [0, 0.1) is 0 Å². The Morgan fingerprint density at radius 2 is 2.17 bits per heavy atom. The fourth-order valence-electron chi connectivity index (χ4n) is 2.52. The summed E-state index contributed by atoms with van der Waals surface area (Å²) in [4.78, 5) is 12.5. The fraction of sp³-hybridized carbons (Fsp3) is 0.471. The summed E-state index contributed by atoms with van der Waals surface area (Å²) in [6.07, 6.45) is 2.37. The van der Waals surface area contributed by atoms with Crippen molar-refractivity contribution < 1.29 is 9.53 Å². The number of nitrogens with zero attached hydrogens (tertiary/aromatic N) is 3. The van der Waals surface area contributed by atoms with E-state index in [1.165, 1.54) is 24.6 Å². The molecule has 1 amide bonds. The standard InChI is InChI=1S/C17H22N4O2S/c1-4-21-15(12-9-10-12)19-20-17(21)24-11(2)16(22)18-13-7-5-6-8-14(13)23-3/h5-8,11-12H,4,9-10H2,1-3H3,(H,18,22)/t11-/m1/s1. The average Bonchev–Trinajstić information content (AvgIpc) is 3.36. The third-order valence-corrected chi connectivity index (χ3v) is 5.10. The van der Waals surface area contributed by atoms with Gasteiger partial charge in [-0.2, -0.15) is 0 Å². The molecule has 1 aliphatic rings. The van der Waals surface area contributed by atoms with E-state index in [2.05, 4.69) is 27.0 Å². The van der Waals surface area contributed by atoms with Gasteiger partial charge in [-0.25, -0.2) is 0 Å². The molecule has 1 saturated carbocycles. The van der Waals surface area contributed by atoms with Crippen molar-refractivity contribution in [1.82, 2.24) is 14.8 Å².